The lowest BCUT2D eigenvalue weighted by atomic mass is 10.1. The van der Waals surface area contributed by atoms with Crippen LogP contribution in [0.3, 0.4) is 0 Å². The Morgan fingerprint density at radius 3 is 2.67 bits per heavy atom. The van der Waals surface area contributed by atoms with Gasteiger partial charge in [-0.15, -0.1) is 0 Å². The summed E-state index contributed by atoms with van der Waals surface area (Å²) in [4.78, 5) is 28.9. The van der Waals surface area contributed by atoms with Crippen LogP contribution in [0.15, 0.2) is 24.3 Å². The Bertz CT molecular complexity index is 599. The molecule has 0 saturated carbocycles. The summed E-state index contributed by atoms with van der Waals surface area (Å²) in [5.41, 5.74) is 1.98. The number of carbonyl (C=O) groups is 2. The van der Waals surface area contributed by atoms with Crippen LogP contribution < -0.4 is 0 Å². The molecule has 2 saturated heterocycles. The van der Waals surface area contributed by atoms with Gasteiger partial charge >= 0.3 is 0 Å². The fraction of sp³-hybridized carbons (Fsp3) is 0.579. The van der Waals surface area contributed by atoms with Crippen molar-refractivity contribution >= 4 is 11.8 Å². The van der Waals surface area contributed by atoms with Crippen LogP contribution >= 0.6 is 0 Å². The van der Waals surface area contributed by atoms with Gasteiger partial charge in [-0.1, -0.05) is 25.5 Å². The molecule has 2 aliphatic heterocycles. The number of carbonyl (C=O) groups excluding carboxylic acids is 2. The molecule has 1 aromatic carbocycles. The zero-order valence-electron chi connectivity index (χ0n) is 14.5. The summed E-state index contributed by atoms with van der Waals surface area (Å²) < 4.78 is 5.10. The average Bonchev–Trinajstić information content (AvgIpc) is 3.12. The number of benzene rings is 1. The molecule has 0 radical (unpaired) electrons. The molecule has 24 heavy (non-hydrogen) atoms. The van der Waals surface area contributed by atoms with Gasteiger partial charge in [-0.25, -0.2) is 0 Å². The second kappa shape index (κ2) is 7.34. The molecule has 2 unspecified atom stereocenters. The molecule has 3 rings (SSSR count). The Morgan fingerprint density at radius 1 is 1.25 bits per heavy atom. The topological polar surface area (TPSA) is 49.9 Å². The van der Waals surface area contributed by atoms with Crippen molar-refractivity contribution in [1.82, 2.24) is 9.80 Å². The number of methoxy groups -OCH3 is 1. The minimum absolute atomic E-state index is 0.0113. The fourth-order valence-electron chi connectivity index (χ4n) is 3.93. The monoisotopic (exact) mass is 330 g/mol. The predicted octanol–water partition coefficient (Wildman–Crippen LogP) is 2.10. The van der Waals surface area contributed by atoms with E-state index in [0.717, 1.165) is 31.4 Å². The summed E-state index contributed by atoms with van der Waals surface area (Å²) in [6.07, 6.45) is 3.43. The number of hydrogen-bond acceptors (Lipinski definition) is 3. The summed E-state index contributed by atoms with van der Waals surface area (Å²) in [7, 11) is 1.64. The molecule has 130 valence electrons. The van der Waals surface area contributed by atoms with Crippen LogP contribution in [0.5, 0.6) is 0 Å². The van der Waals surface area contributed by atoms with E-state index in [2.05, 4.69) is 6.92 Å². The average molecular weight is 330 g/mol. The van der Waals surface area contributed by atoms with E-state index in [0.29, 0.717) is 19.6 Å². The second-order valence-electron chi connectivity index (χ2n) is 6.65. The molecule has 2 atom stereocenters. The molecule has 5 nitrogen and oxygen atoms in total. The minimum atomic E-state index is 0.0113. The van der Waals surface area contributed by atoms with Crippen molar-refractivity contribution in [2.75, 3.05) is 26.8 Å². The minimum Gasteiger partial charge on any atom is -0.383 e. The maximum absolute atomic E-state index is 12.9. The lowest BCUT2D eigenvalue weighted by Gasteiger charge is -2.25. The number of fused-ring (bicyclic) bond motifs is 1. The molecule has 2 aliphatic rings. The summed E-state index contributed by atoms with van der Waals surface area (Å²) >= 11 is 0. The van der Waals surface area contributed by atoms with Gasteiger partial charge in [0.1, 0.15) is 0 Å². The van der Waals surface area contributed by atoms with E-state index in [9.17, 15) is 9.59 Å². The van der Waals surface area contributed by atoms with E-state index in [4.69, 9.17) is 4.74 Å². The number of nitrogens with zero attached hydrogens (tertiary/aromatic N) is 2. The molecule has 2 fully saturated rings. The van der Waals surface area contributed by atoms with Crippen molar-refractivity contribution in [2.45, 2.75) is 44.7 Å². The highest BCUT2D eigenvalue weighted by atomic mass is 16.5. The van der Waals surface area contributed by atoms with Gasteiger partial charge in [0.25, 0.3) is 5.91 Å². The van der Waals surface area contributed by atoms with Crippen LogP contribution in [0.2, 0.25) is 0 Å². The quantitative estimate of drug-likeness (QED) is 0.803. The van der Waals surface area contributed by atoms with Gasteiger partial charge in [0.05, 0.1) is 18.7 Å². The van der Waals surface area contributed by atoms with Gasteiger partial charge in [0.2, 0.25) is 5.91 Å². The first-order valence-electron chi connectivity index (χ1n) is 8.84. The SMILES string of the molecule is CCCc1ccc(C(=O)N2CCC3C2CC(=O)N3CCOC)cc1. The first-order valence-corrected chi connectivity index (χ1v) is 8.84. The van der Waals surface area contributed by atoms with Crippen molar-refractivity contribution in [3.63, 3.8) is 0 Å². The van der Waals surface area contributed by atoms with Crippen LogP contribution in [-0.4, -0.2) is 60.5 Å². The second-order valence-corrected chi connectivity index (χ2v) is 6.65. The zero-order valence-corrected chi connectivity index (χ0v) is 14.5. The lowest BCUT2D eigenvalue weighted by molar-refractivity contribution is -0.129. The highest BCUT2D eigenvalue weighted by molar-refractivity contribution is 5.95. The molecule has 0 aromatic heterocycles. The van der Waals surface area contributed by atoms with Crippen molar-refractivity contribution in [3.05, 3.63) is 35.4 Å². The number of amides is 2. The Hall–Kier alpha value is -1.88. The Labute approximate surface area is 143 Å². The van der Waals surface area contributed by atoms with Crippen molar-refractivity contribution in [1.29, 1.82) is 0 Å². The fourth-order valence-corrected chi connectivity index (χ4v) is 3.93. The number of ether oxygens (including phenoxy) is 1. The van der Waals surface area contributed by atoms with E-state index in [-0.39, 0.29) is 23.9 Å². The molecule has 2 heterocycles. The number of hydrogen-bond donors (Lipinski definition) is 0. The Morgan fingerprint density at radius 2 is 2.00 bits per heavy atom. The van der Waals surface area contributed by atoms with Crippen molar-refractivity contribution in [3.8, 4) is 0 Å². The van der Waals surface area contributed by atoms with Crippen LogP contribution in [0.4, 0.5) is 0 Å². The van der Waals surface area contributed by atoms with Crippen LogP contribution in [0.1, 0.15) is 42.1 Å². The summed E-state index contributed by atoms with van der Waals surface area (Å²) in [5.74, 6) is 0.185. The van der Waals surface area contributed by atoms with E-state index in [1.54, 1.807) is 7.11 Å². The van der Waals surface area contributed by atoms with Gasteiger partial charge in [0, 0.05) is 32.2 Å². The maximum atomic E-state index is 12.9. The van der Waals surface area contributed by atoms with Crippen molar-refractivity contribution < 1.29 is 14.3 Å². The maximum Gasteiger partial charge on any atom is 0.254 e. The van der Waals surface area contributed by atoms with E-state index in [1.165, 1.54) is 5.56 Å². The summed E-state index contributed by atoms with van der Waals surface area (Å²) in [5, 5.41) is 0. The highest BCUT2D eigenvalue weighted by Crippen LogP contribution is 2.33. The molecule has 2 amide bonds. The van der Waals surface area contributed by atoms with Crippen LogP contribution in [-0.2, 0) is 16.0 Å². The van der Waals surface area contributed by atoms with E-state index < -0.39 is 0 Å². The first kappa shape index (κ1) is 17.0. The molecule has 0 aliphatic carbocycles. The molecule has 5 heteroatoms. The normalized spacial score (nSPS) is 23.0. The van der Waals surface area contributed by atoms with Crippen LogP contribution in [0, 0.1) is 0 Å². The van der Waals surface area contributed by atoms with E-state index in [1.807, 2.05) is 34.1 Å². The molecule has 0 N–H and O–H groups in total. The smallest absolute Gasteiger partial charge is 0.254 e. The molecule has 0 spiro atoms. The largest absolute Gasteiger partial charge is 0.383 e. The molecule has 0 bridgehead atoms. The van der Waals surface area contributed by atoms with Crippen molar-refractivity contribution in [2.24, 2.45) is 0 Å². The van der Waals surface area contributed by atoms with E-state index >= 15 is 0 Å². The van der Waals surface area contributed by atoms with Gasteiger partial charge in [-0.3, -0.25) is 9.59 Å². The first-order chi connectivity index (χ1) is 11.7. The summed E-state index contributed by atoms with van der Waals surface area (Å²) in [6, 6.07) is 8.07. The predicted molar refractivity (Wildman–Crippen MR) is 91.9 cm³/mol. The number of aryl methyl sites for hydroxylation is 1. The van der Waals surface area contributed by atoms with Crippen LogP contribution in [0.25, 0.3) is 0 Å². The summed E-state index contributed by atoms with van der Waals surface area (Å²) in [6.45, 7) is 4.03. The van der Waals surface area contributed by atoms with Gasteiger partial charge in [-0.2, -0.15) is 0 Å². The molecular formula is C19H26N2O3. The zero-order chi connectivity index (χ0) is 17.1. The third-order valence-corrected chi connectivity index (χ3v) is 5.15. The highest BCUT2D eigenvalue weighted by Gasteiger charge is 2.48. The third kappa shape index (κ3) is 3.18. The van der Waals surface area contributed by atoms with Gasteiger partial charge in [0.15, 0.2) is 0 Å². The number of rotatable bonds is 6. The standard InChI is InChI=1S/C19H26N2O3/c1-3-4-14-5-7-15(8-6-14)19(23)21-10-9-16-17(21)13-18(22)20(16)11-12-24-2/h5-8,16-17H,3-4,9-13H2,1-2H3. The van der Waals surface area contributed by atoms with Gasteiger partial charge < -0.3 is 14.5 Å². The lowest BCUT2D eigenvalue weighted by Crippen LogP contribution is -2.40. The molecule has 1 aromatic rings. The number of likely N-dealkylation sites (tertiary alicyclic amines) is 2. The third-order valence-electron chi connectivity index (χ3n) is 5.15. The van der Waals surface area contributed by atoms with Gasteiger partial charge in [-0.05, 0) is 30.5 Å². The Balaban J connectivity index is 1.69. The Kier molecular flexibility index (Phi) is 5.19. The molecular weight excluding hydrogens is 304 g/mol.